The molecule has 2 rings (SSSR count). The van der Waals surface area contributed by atoms with Crippen molar-refractivity contribution in [2.75, 3.05) is 11.9 Å². The Morgan fingerprint density at radius 2 is 1.91 bits per heavy atom. The van der Waals surface area contributed by atoms with Gasteiger partial charge in [0.25, 0.3) is 0 Å². The summed E-state index contributed by atoms with van der Waals surface area (Å²) in [4.78, 5) is 0. The van der Waals surface area contributed by atoms with Crippen molar-refractivity contribution >= 4 is 38.3 Å². The van der Waals surface area contributed by atoms with Gasteiger partial charge in [-0.2, -0.15) is 0 Å². The fraction of sp³-hybridized carbons (Fsp3) is 0.444. The Bertz CT molecular complexity index is 613. The lowest BCUT2D eigenvalue weighted by Crippen LogP contribution is -2.05. The molecule has 2 nitrogen and oxygen atoms in total. The molecule has 120 valence electrons. The fourth-order valence-electron chi connectivity index (χ4n) is 2.26. The van der Waals surface area contributed by atoms with Crippen LogP contribution < -0.4 is 9.47 Å². The number of hydrogen-bond acceptors (Lipinski definition) is 2. The van der Waals surface area contributed by atoms with E-state index in [1.807, 2.05) is 44.2 Å². The van der Waals surface area contributed by atoms with Crippen molar-refractivity contribution in [3.8, 4) is 11.5 Å². The maximum atomic E-state index is 6.47. The number of hydrogen-bond donors (Lipinski definition) is 0. The zero-order valence-corrected chi connectivity index (χ0v) is 15.4. The molecule has 0 radical (unpaired) electrons. The number of halogens is 2. The van der Waals surface area contributed by atoms with Gasteiger partial charge in [0.1, 0.15) is 11.5 Å². The normalized spacial score (nSPS) is 11.1. The Morgan fingerprint density at radius 1 is 1.09 bits per heavy atom. The Morgan fingerprint density at radius 3 is 2.64 bits per heavy atom. The van der Waals surface area contributed by atoms with Crippen LogP contribution in [0.25, 0.3) is 10.8 Å². The van der Waals surface area contributed by atoms with Crippen LogP contribution in [-0.4, -0.2) is 18.0 Å². The molecule has 0 N–H and O–H groups in total. The van der Waals surface area contributed by atoms with Crippen molar-refractivity contribution in [3.63, 3.8) is 0 Å². The third kappa shape index (κ3) is 4.79. The molecule has 22 heavy (non-hydrogen) atoms. The topological polar surface area (TPSA) is 18.5 Å². The molecule has 0 heterocycles. The fourth-order valence-corrected chi connectivity index (χ4v) is 2.95. The number of rotatable bonds is 8. The van der Waals surface area contributed by atoms with E-state index in [1.165, 1.54) is 6.42 Å². The van der Waals surface area contributed by atoms with Gasteiger partial charge >= 0.3 is 0 Å². The van der Waals surface area contributed by atoms with Crippen LogP contribution in [0.2, 0.25) is 5.02 Å². The Kier molecular flexibility index (Phi) is 6.84. The second-order valence-corrected chi connectivity index (χ2v) is 6.70. The first-order valence-corrected chi connectivity index (χ1v) is 9.19. The minimum absolute atomic E-state index is 0.162. The summed E-state index contributed by atoms with van der Waals surface area (Å²) in [6, 6.07) is 9.93. The van der Waals surface area contributed by atoms with Gasteiger partial charge in [-0.1, -0.05) is 33.6 Å². The quantitative estimate of drug-likeness (QED) is 0.396. The zero-order chi connectivity index (χ0) is 15.9. The van der Waals surface area contributed by atoms with E-state index in [9.17, 15) is 0 Å². The van der Waals surface area contributed by atoms with Gasteiger partial charge in [-0.25, -0.2) is 0 Å². The van der Waals surface area contributed by atoms with Gasteiger partial charge in [-0.05, 0) is 62.8 Å². The molecule has 0 aliphatic carbocycles. The third-order valence-corrected chi connectivity index (χ3v) is 4.25. The summed E-state index contributed by atoms with van der Waals surface area (Å²) in [7, 11) is 0. The molecule has 0 fully saturated rings. The van der Waals surface area contributed by atoms with Crippen molar-refractivity contribution in [2.45, 2.75) is 39.2 Å². The molecule has 0 spiro atoms. The van der Waals surface area contributed by atoms with Crippen molar-refractivity contribution in [1.29, 1.82) is 0 Å². The SMILES string of the molecule is CC(C)Oc1ccc2c(Cl)c(OCCCCCBr)ccc2c1. The molecule has 0 bridgehead atoms. The first kappa shape index (κ1) is 17.4. The maximum absolute atomic E-state index is 6.47. The van der Waals surface area contributed by atoms with Crippen LogP contribution in [0.15, 0.2) is 30.3 Å². The van der Waals surface area contributed by atoms with E-state index in [2.05, 4.69) is 15.9 Å². The predicted molar refractivity (Wildman–Crippen MR) is 97.9 cm³/mol. The predicted octanol–water partition coefficient (Wildman–Crippen LogP) is 6.22. The van der Waals surface area contributed by atoms with Crippen molar-refractivity contribution in [3.05, 3.63) is 35.4 Å². The van der Waals surface area contributed by atoms with Crippen LogP contribution in [0.5, 0.6) is 11.5 Å². The van der Waals surface area contributed by atoms with E-state index < -0.39 is 0 Å². The molecule has 4 heteroatoms. The van der Waals surface area contributed by atoms with E-state index in [0.29, 0.717) is 11.6 Å². The smallest absolute Gasteiger partial charge is 0.138 e. The summed E-state index contributed by atoms with van der Waals surface area (Å²) in [5.74, 6) is 1.62. The lowest BCUT2D eigenvalue weighted by atomic mass is 10.1. The lowest BCUT2D eigenvalue weighted by Gasteiger charge is -2.13. The second-order valence-electron chi connectivity index (χ2n) is 5.53. The molecule has 2 aromatic carbocycles. The van der Waals surface area contributed by atoms with Gasteiger partial charge in [0, 0.05) is 10.7 Å². The molecule has 0 amide bonds. The largest absolute Gasteiger partial charge is 0.492 e. The average molecular weight is 386 g/mol. The highest BCUT2D eigenvalue weighted by molar-refractivity contribution is 9.09. The number of unbranched alkanes of at least 4 members (excludes halogenated alkanes) is 2. The molecule has 0 atom stereocenters. The standard InChI is InChI=1S/C18H22BrClO2/c1-13(2)22-15-7-8-16-14(12-15)6-9-17(18(16)20)21-11-5-3-4-10-19/h6-9,12-13H,3-5,10-11H2,1-2H3. The van der Waals surface area contributed by atoms with Gasteiger partial charge in [0.05, 0.1) is 17.7 Å². The number of benzene rings is 2. The second kappa shape index (κ2) is 8.64. The minimum Gasteiger partial charge on any atom is -0.492 e. The molecule has 0 unspecified atom stereocenters. The highest BCUT2D eigenvalue weighted by atomic mass is 79.9. The van der Waals surface area contributed by atoms with Gasteiger partial charge in [-0.3, -0.25) is 0 Å². The summed E-state index contributed by atoms with van der Waals surface area (Å²) in [5, 5.41) is 3.78. The summed E-state index contributed by atoms with van der Waals surface area (Å²) >= 11 is 9.90. The van der Waals surface area contributed by atoms with Gasteiger partial charge in [0.2, 0.25) is 0 Å². The zero-order valence-electron chi connectivity index (χ0n) is 13.1. The van der Waals surface area contributed by atoms with Gasteiger partial charge < -0.3 is 9.47 Å². The van der Waals surface area contributed by atoms with Gasteiger partial charge in [-0.15, -0.1) is 0 Å². The Balaban J connectivity index is 2.09. The molecule has 0 aliphatic rings. The Labute approximate surface area is 145 Å². The first-order valence-electron chi connectivity index (χ1n) is 7.69. The number of alkyl halides is 1. The monoisotopic (exact) mass is 384 g/mol. The molecular formula is C18H22BrClO2. The van der Waals surface area contributed by atoms with Crippen LogP contribution in [0, 0.1) is 0 Å². The molecule has 0 saturated carbocycles. The van der Waals surface area contributed by atoms with Crippen molar-refractivity contribution in [2.24, 2.45) is 0 Å². The van der Waals surface area contributed by atoms with Crippen LogP contribution in [-0.2, 0) is 0 Å². The molecule has 0 aromatic heterocycles. The van der Waals surface area contributed by atoms with E-state index in [1.54, 1.807) is 0 Å². The maximum Gasteiger partial charge on any atom is 0.138 e. The summed E-state index contributed by atoms with van der Waals surface area (Å²) in [5.41, 5.74) is 0. The van der Waals surface area contributed by atoms with E-state index in [0.717, 1.165) is 40.4 Å². The summed E-state index contributed by atoms with van der Waals surface area (Å²) < 4.78 is 11.5. The number of fused-ring (bicyclic) bond motifs is 1. The summed E-state index contributed by atoms with van der Waals surface area (Å²) in [6.45, 7) is 4.74. The van der Waals surface area contributed by atoms with E-state index in [-0.39, 0.29) is 6.10 Å². The number of ether oxygens (including phenoxy) is 2. The van der Waals surface area contributed by atoms with Crippen LogP contribution >= 0.6 is 27.5 Å². The van der Waals surface area contributed by atoms with Gasteiger partial charge in [0.15, 0.2) is 0 Å². The third-order valence-electron chi connectivity index (χ3n) is 3.30. The van der Waals surface area contributed by atoms with Crippen molar-refractivity contribution in [1.82, 2.24) is 0 Å². The molecule has 0 aliphatic heterocycles. The molecule has 2 aromatic rings. The molecular weight excluding hydrogens is 364 g/mol. The summed E-state index contributed by atoms with van der Waals surface area (Å²) in [6.07, 6.45) is 3.54. The highest BCUT2D eigenvalue weighted by Crippen LogP contribution is 2.34. The van der Waals surface area contributed by atoms with Crippen LogP contribution in [0.3, 0.4) is 0 Å². The van der Waals surface area contributed by atoms with E-state index in [4.69, 9.17) is 21.1 Å². The first-order chi connectivity index (χ1) is 10.6. The molecule has 0 saturated heterocycles. The van der Waals surface area contributed by atoms with Crippen LogP contribution in [0.4, 0.5) is 0 Å². The van der Waals surface area contributed by atoms with Crippen molar-refractivity contribution < 1.29 is 9.47 Å². The van der Waals surface area contributed by atoms with E-state index >= 15 is 0 Å². The Hall–Kier alpha value is -0.930. The minimum atomic E-state index is 0.162. The highest BCUT2D eigenvalue weighted by Gasteiger charge is 2.08. The van der Waals surface area contributed by atoms with Crippen LogP contribution in [0.1, 0.15) is 33.1 Å². The average Bonchev–Trinajstić information content (AvgIpc) is 2.48. The lowest BCUT2D eigenvalue weighted by molar-refractivity contribution is 0.243.